The van der Waals surface area contributed by atoms with Crippen LogP contribution in [0.4, 0.5) is 11.4 Å². The maximum atomic E-state index is 13.2. The highest BCUT2D eigenvalue weighted by Gasteiger charge is 2.35. The first-order valence-electron chi connectivity index (χ1n) is 11.4. The Balaban J connectivity index is 1.52. The summed E-state index contributed by atoms with van der Waals surface area (Å²) in [4.78, 5) is 44.2. The number of hydrogen-bond donors (Lipinski definition) is 1. The van der Waals surface area contributed by atoms with Gasteiger partial charge in [0.15, 0.2) is 5.17 Å². The minimum atomic E-state index is -0.683. The quantitative estimate of drug-likeness (QED) is 0.362. The van der Waals surface area contributed by atoms with E-state index in [1.54, 1.807) is 53.4 Å². The van der Waals surface area contributed by atoms with Crippen molar-refractivity contribution in [1.82, 2.24) is 4.90 Å². The molecule has 37 heavy (non-hydrogen) atoms. The number of aliphatic imine (C=N–C) groups is 1. The van der Waals surface area contributed by atoms with Crippen molar-refractivity contribution < 1.29 is 19.1 Å². The number of rotatable bonds is 7. The average molecular weight is 556 g/mol. The van der Waals surface area contributed by atoms with Crippen molar-refractivity contribution in [3.05, 3.63) is 94.0 Å². The third-order valence-electron chi connectivity index (χ3n) is 5.58. The predicted molar refractivity (Wildman–Crippen MR) is 148 cm³/mol. The summed E-state index contributed by atoms with van der Waals surface area (Å²) in [6.45, 7) is 0.399. The van der Waals surface area contributed by atoms with Crippen LogP contribution in [0.1, 0.15) is 22.3 Å². The molecule has 1 aliphatic heterocycles. The number of benzene rings is 3. The van der Waals surface area contributed by atoms with E-state index in [2.05, 4.69) is 10.3 Å². The van der Waals surface area contributed by atoms with Crippen LogP contribution in [-0.2, 0) is 20.7 Å². The number of ether oxygens (including phenoxy) is 1. The molecule has 0 radical (unpaired) electrons. The fourth-order valence-electron chi connectivity index (χ4n) is 3.64. The Kier molecular flexibility index (Phi) is 8.87. The Hall–Kier alpha value is -3.33. The molecule has 10 heteroatoms. The van der Waals surface area contributed by atoms with Crippen molar-refractivity contribution in [1.29, 1.82) is 0 Å². The highest BCUT2D eigenvalue weighted by molar-refractivity contribution is 8.15. The molecule has 0 aromatic heterocycles. The van der Waals surface area contributed by atoms with Crippen molar-refractivity contribution in [3.8, 4) is 0 Å². The van der Waals surface area contributed by atoms with Gasteiger partial charge in [-0.3, -0.25) is 14.5 Å². The van der Waals surface area contributed by atoms with E-state index in [1.165, 1.54) is 18.9 Å². The van der Waals surface area contributed by atoms with Gasteiger partial charge in [0.25, 0.3) is 0 Å². The maximum Gasteiger partial charge on any atom is 0.337 e. The number of nitrogens with zero attached hydrogens (tertiary/aromatic N) is 2. The lowest BCUT2D eigenvalue weighted by molar-refractivity contribution is -0.129. The number of thioether (sulfide) groups is 1. The van der Waals surface area contributed by atoms with Gasteiger partial charge in [0.1, 0.15) is 5.25 Å². The second-order valence-electron chi connectivity index (χ2n) is 8.16. The number of amides is 2. The van der Waals surface area contributed by atoms with Gasteiger partial charge in [-0.15, -0.1) is 0 Å². The molecule has 7 nitrogen and oxygen atoms in total. The van der Waals surface area contributed by atoms with Gasteiger partial charge in [-0.1, -0.05) is 53.2 Å². The predicted octanol–water partition coefficient (Wildman–Crippen LogP) is 5.98. The molecule has 0 bridgehead atoms. The summed E-state index contributed by atoms with van der Waals surface area (Å²) in [6, 6.07) is 20.8. The van der Waals surface area contributed by atoms with Gasteiger partial charge in [0, 0.05) is 28.7 Å². The molecule has 1 saturated heterocycles. The zero-order valence-electron chi connectivity index (χ0n) is 19.8. The highest BCUT2D eigenvalue weighted by atomic mass is 35.5. The number of nitrogens with one attached hydrogen (secondary N) is 1. The lowest BCUT2D eigenvalue weighted by Gasteiger charge is -2.32. The highest BCUT2D eigenvalue weighted by Crippen LogP contribution is 2.31. The number of carbonyl (C=O) groups is 3. The summed E-state index contributed by atoms with van der Waals surface area (Å²) in [7, 11) is 1.30. The van der Waals surface area contributed by atoms with Crippen molar-refractivity contribution in [2.75, 3.05) is 19.0 Å². The van der Waals surface area contributed by atoms with Gasteiger partial charge in [0.2, 0.25) is 11.8 Å². The number of anilines is 1. The maximum absolute atomic E-state index is 13.2. The molecular formula is C27H23Cl2N3O4S. The molecule has 0 aliphatic carbocycles. The number of hydrogen-bond acceptors (Lipinski definition) is 6. The minimum Gasteiger partial charge on any atom is -0.465 e. The van der Waals surface area contributed by atoms with Crippen LogP contribution in [0.3, 0.4) is 0 Å². The van der Waals surface area contributed by atoms with Crippen LogP contribution in [0.5, 0.6) is 0 Å². The smallest absolute Gasteiger partial charge is 0.337 e. The third-order valence-corrected chi connectivity index (χ3v) is 7.25. The average Bonchev–Trinajstić information content (AvgIpc) is 2.89. The summed E-state index contributed by atoms with van der Waals surface area (Å²) in [6.07, 6.45) is 0.618. The van der Waals surface area contributed by atoms with E-state index < -0.39 is 11.2 Å². The van der Waals surface area contributed by atoms with Crippen molar-refractivity contribution in [2.24, 2.45) is 4.99 Å². The minimum absolute atomic E-state index is 0.0198. The molecular weight excluding hydrogens is 533 g/mol. The molecule has 2 amide bonds. The van der Waals surface area contributed by atoms with Gasteiger partial charge in [-0.25, -0.2) is 9.79 Å². The van der Waals surface area contributed by atoms with Crippen LogP contribution in [-0.4, -0.2) is 46.8 Å². The monoisotopic (exact) mass is 555 g/mol. The zero-order chi connectivity index (χ0) is 26.4. The fourth-order valence-corrected chi connectivity index (χ4v) is 5.07. The first-order chi connectivity index (χ1) is 17.8. The van der Waals surface area contributed by atoms with Gasteiger partial charge in [-0.2, -0.15) is 0 Å². The lowest BCUT2D eigenvalue weighted by Crippen LogP contribution is -2.46. The molecule has 190 valence electrons. The van der Waals surface area contributed by atoms with Crippen LogP contribution in [0.15, 0.2) is 77.8 Å². The number of amidine groups is 1. The van der Waals surface area contributed by atoms with Gasteiger partial charge < -0.3 is 10.1 Å². The standard InChI is InChI=1S/C27H23Cl2N3O4S/c1-36-26(35)18-7-11-21(12-8-18)30-25(34)23-16-24(33)32(14-13-17-5-9-19(28)10-6-17)27(37-23)31-22-4-2-3-20(29)15-22/h2-12,15,23H,13-14,16H2,1H3,(H,30,34). The molecule has 1 unspecified atom stereocenters. The molecule has 0 saturated carbocycles. The molecule has 1 fully saturated rings. The van der Waals surface area contributed by atoms with Gasteiger partial charge in [-0.05, 0) is 66.6 Å². The van der Waals surface area contributed by atoms with E-state index in [4.69, 9.17) is 27.9 Å². The van der Waals surface area contributed by atoms with Gasteiger partial charge >= 0.3 is 5.97 Å². The van der Waals surface area contributed by atoms with E-state index in [1.807, 2.05) is 24.3 Å². The first-order valence-corrected chi connectivity index (χ1v) is 13.0. The van der Waals surface area contributed by atoms with Crippen LogP contribution >= 0.6 is 35.0 Å². The van der Waals surface area contributed by atoms with Crippen LogP contribution < -0.4 is 5.32 Å². The van der Waals surface area contributed by atoms with Crippen LogP contribution in [0.2, 0.25) is 10.0 Å². The molecule has 1 atom stereocenters. The SMILES string of the molecule is COC(=O)c1ccc(NC(=O)C2CC(=O)N(CCc3ccc(Cl)cc3)C(=Nc3cccc(Cl)c3)S2)cc1. The second kappa shape index (κ2) is 12.3. The first kappa shape index (κ1) is 26.7. The van der Waals surface area contributed by atoms with Crippen molar-refractivity contribution >= 4 is 69.3 Å². The van der Waals surface area contributed by atoms with Crippen LogP contribution in [0.25, 0.3) is 0 Å². The summed E-state index contributed by atoms with van der Waals surface area (Å²) in [5.74, 6) is -0.998. The molecule has 1 heterocycles. The van der Waals surface area contributed by atoms with Gasteiger partial charge in [0.05, 0.1) is 18.4 Å². The number of methoxy groups -OCH3 is 1. The number of esters is 1. The van der Waals surface area contributed by atoms with Crippen molar-refractivity contribution in [3.63, 3.8) is 0 Å². The Morgan fingerprint density at radius 3 is 2.46 bits per heavy atom. The summed E-state index contributed by atoms with van der Waals surface area (Å²) in [5.41, 5.74) is 2.48. The fraction of sp³-hybridized carbons (Fsp3) is 0.185. The Bertz CT molecular complexity index is 1330. The molecule has 4 rings (SSSR count). The molecule has 3 aromatic carbocycles. The molecule has 3 aromatic rings. The zero-order valence-corrected chi connectivity index (χ0v) is 22.1. The Morgan fingerprint density at radius 1 is 1.05 bits per heavy atom. The molecule has 0 spiro atoms. The molecule has 1 N–H and O–H groups in total. The molecule has 1 aliphatic rings. The van der Waals surface area contributed by atoms with E-state index >= 15 is 0 Å². The van der Waals surface area contributed by atoms with Crippen molar-refractivity contribution in [2.45, 2.75) is 18.1 Å². The van der Waals surface area contributed by atoms with E-state index in [9.17, 15) is 14.4 Å². The summed E-state index contributed by atoms with van der Waals surface area (Å²) in [5, 5.41) is 3.72. The second-order valence-corrected chi connectivity index (χ2v) is 10.2. The lowest BCUT2D eigenvalue weighted by atomic mass is 10.1. The third kappa shape index (κ3) is 7.13. The van der Waals surface area contributed by atoms with E-state index in [-0.39, 0.29) is 18.2 Å². The normalized spacial score (nSPS) is 16.5. The summed E-state index contributed by atoms with van der Waals surface area (Å²) >= 11 is 13.3. The number of carbonyl (C=O) groups excluding carboxylic acids is 3. The van der Waals surface area contributed by atoms with E-state index in [0.29, 0.717) is 45.1 Å². The topological polar surface area (TPSA) is 88.1 Å². The largest absolute Gasteiger partial charge is 0.465 e. The Labute approximate surface area is 228 Å². The Morgan fingerprint density at radius 2 is 1.78 bits per heavy atom. The van der Waals surface area contributed by atoms with Crippen LogP contribution in [0, 0.1) is 0 Å². The number of halogens is 2. The summed E-state index contributed by atoms with van der Waals surface area (Å²) < 4.78 is 4.70. The van der Waals surface area contributed by atoms with E-state index in [0.717, 1.165) is 5.56 Å².